The average molecular weight is 778 g/mol. The van der Waals surface area contributed by atoms with Crippen LogP contribution < -0.4 is 4.90 Å². The number of hydrogen-bond acceptors (Lipinski definition) is 2. The molecular formula is C59H39NO. The molecule has 0 amide bonds. The summed E-state index contributed by atoms with van der Waals surface area (Å²) in [5.74, 6) is 0. The van der Waals surface area contributed by atoms with Gasteiger partial charge in [0.15, 0.2) is 0 Å². The number of para-hydroxylation sites is 1. The topological polar surface area (TPSA) is 16.4 Å². The van der Waals surface area contributed by atoms with E-state index in [1.807, 2.05) is 12.1 Å². The molecule has 0 atom stereocenters. The van der Waals surface area contributed by atoms with Gasteiger partial charge >= 0.3 is 0 Å². The van der Waals surface area contributed by atoms with E-state index in [9.17, 15) is 0 Å². The molecule has 0 N–H and O–H groups in total. The normalized spacial score (nSPS) is 12.7. The van der Waals surface area contributed by atoms with Crippen LogP contribution in [0.15, 0.2) is 241 Å². The Hall–Kier alpha value is -7.94. The summed E-state index contributed by atoms with van der Waals surface area (Å²) in [7, 11) is 0. The van der Waals surface area contributed by atoms with E-state index in [2.05, 4.69) is 229 Å². The lowest BCUT2D eigenvalue weighted by molar-refractivity contribution is 0.669. The van der Waals surface area contributed by atoms with E-state index in [4.69, 9.17) is 4.42 Å². The maximum Gasteiger partial charge on any atom is 0.135 e. The number of rotatable bonds is 7. The van der Waals surface area contributed by atoms with Gasteiger partial charge < -0.3 is 9.32 Å². The molecule has 0 radical (unpaired) electrons. The smallest absolute Gasteiger partial charge is 0.135 e. The first kappa shape index (κ1) is 35.0. The highest BCUT2D eigenvalue weighted by Crippen LogP contribution is 2.56. The van der Waals surface area contributed by atoms with Crippen LogP contribution in [0.3, 0.4) is 0 Å². The van der Waals surface area contributed by atoms with Crippen molar-refractivity contribution >= 4 is 49.8 Å². The van der Waals surface area contributed by atoms with Crippen LogP contribution in [0, 0.1) is 0 Å². The van der Waals surface area contributed by atoms with Crippen molar-refractivity contribution in [3.8, 4) is 33.4 Å². The molecule has 0 bridgehead atoms. The summed E-state index contributed by atoms with van der Waals surface area (Å²) >= 11 is 0. The average Bonchev–Trinajstić information content (AvgIpc) is 3.86. The number of fused-ring (bicyclic) bond motifs is 7. The minimum absolute atomic E-state index is 0.456. The van der Waals surface area contributed by atoms with Gasteiger partial charge in [0.2, 0.25) is 0 Å². The van der Waals surface area contributed by atoms with E-state index in [0.29, 0.717) is 0 Å². The second-order valence-corrected chi connectivity index (χ2v) is 16.1. The molecule has 0 spiro atoms. The Balaban J connectivity index is 0.975. The first-order chi connectivity index (χ1) is 30.2. The highest BCUT2D eigenvalue weighted by atomic mass is 16.3. The van der Waals surface area contributed by atoms with Crippen LogP contribution in [0.25, 0.3) is 66.1 Å². The standard InChI is InChI=1S/C59H39NO/c1-2-14-46(15-3-1)59(55-19-9-6-16-51(55)52-17-7-10-20-56(52)59)47-29-35-50(36-30-47)60(48-31-24-41(25-32-48)44-23-22-40-12-4-5-13-43(40)38-44)49-33-26-42(27-34-49)45-28-37-58-54(39-45)53-18-8-11-21-57(53)61-58/h1-39H. The summed E-state index contributed by atoms with van der Waals surface area (Å²) in [4.78, 5) is 2.37. The first-order valence-corrected chi connectivity index (χ1v) is 21.0. The van der Waals surface area contributed by atoms with Gasteiger partial charge in [-0.2, -0.15) is 0 Å². The molecule has 1 aliphatic rings. The van der Waals surface area contributed by atoms with Crippen LogP contribution in [0.2, 0.25) is 0 Å². The van der Waals surface area contributed by atoms with Crippen molar-refractivity contribution in [3.05, 3.63) is 259 Å². The largest absolute Gasteiger partial charge is 0.456 e. The number of benzene rings is 10. The minimum Gasteiger partial charge on any atom is -0.456 e. The van der Waals surface area contributed by atoms with Crippen LogP contribution in [-0.2, 0) is 5.41 Å². The SMILES string of the molecule is c1ccc(C2(c3ccc(N(c4ccc(-c5ccc6ccccc6c5)cc4)c4ccc(-c5ccc6oc7ccccc7c6c5)cc4)cc3)c3ccccc3-c3ccccc32)cc1. The fourth-order valence-corrected chi connectivity index (χ4v) is 9.90. The van der Waals surface area contributed by atoms with Crippen molar-refractivity contribution in [2.24, 2.45) is 0 Å². The van der Waals surface area contributed by atoms with Gasteiger partial charge in [-0.15, -0.1) is 0 Å². The molecule has 10 aromatic carbocycles. The van der Waals surface area contributed by atoms with E-state index in [0.717, 1.165) is 50.1 Å². The van der Waals surface area contributed by atoms with Gasteiger partial charge in [-0.1, -0.05) is 176 Å². The Morgan fingerprint density at radius 2 is 0.787 bits per heavy atom. The third-order valence-electron chi connectivity index (χ3n) is 12.8. The number of hydrogen-bond donors (Lipinski definition) is 0. The van der Waals surface area contributed by atoms with E-state index in [1.54, 1.807) is 0 Å². The molecule has 2 nitrogen and oxygen atoms in total. The van der Waals surface area contributed by atoms with Crippen LogP contribution in [-0.4, -0.2) is 0 Å². The van der Waals surface area contributed by atoms with E-state index in [1.165, 1.54) is 55.3 Å². The van der Waals surface area contributed by atoms with Crippen LogP contribution in [0.4, 0.5) is 17.1 Å². The maximum atomic E-state index is 6.15. The molecule has 12 rings (SSSR count). The van der Waals surface area contributed by atoms with Gasteiger partial charge in [-0.3, -0.25) is 0 Å². The molecule has 11 aromatic rings. The summed E-state index contributed by atoms with van der Waals surface area (Å²) in [6.07, 6.45) is 0. The summed E-state index contributed by atoms with van der Waals surface area (Å²) in [6, 6.07) is 86.1. The predicted octanol–water partition coefficient (Wildman–Crippen LogP) is 15.9. The highest BCUT2D eigenvalue weighted by Gasteiger charge is 2.45. The van der Waals surface area contributed by atoms with Gasteiger partial charge in [-0.05, 0) is 127 Å². The lowest BCUT2D eigenvalue weighted by Crippen LogP contribution is -2.28. The second-order valence-electron chi connectivity index (χ2n) is 16.1. The maximum absolute atomic E-state index is 6.15. The van der Waals surface area contributed by atoms with Crippen LogP contribution in [0.1, 0.15) is 22.3 Å². The van der Waals surface area contributed by atoms with E-state index >= 15 is 0 Å². The van der Waals surface area contributed by atoms with Crippen molar-refractivity contribution in [1.29, 1.82) is 0 Å². The molecule has 0 aliphatic heterocycles. The summed E-state index contributed by atoms with van der Waals surface area (Å²) in [5.41, 5.74) is 17.0. The summed E-state index contributed by atoms with van der Waals surface area (Å²) in [5, 5.41) is 4.76. The fourth-order valence-electron chi connectivity index (χ4n) is 9.90. The second kappa shape index (κ2) is 14.1. The zero-order valence-electron chi connectivity index (χ0n) is 33.4. The minimum atomic E-state index is -0.456. The van der Waals surface area contributed by atoms with Crippen molar-refractivity contribution in [1.82, 2.24) is 0 Å². The molecular weight excluding hydrogens is 739 g/mol. The molecule has 0 fully saturated rings. The molecule has 1 heterocycles. The van der Waals surface area contributed by atoms with Crippen LogP contribution in [0.5, 0.6) is 0 Å². The zero-order valence-corrected chi connectivity index (χ0v) is 33.4. The third-order valence-corrected chi connectivity index (χ3v) is 12.8. The predicted molar refractivity (Wildman–Crippen MR) is 254 cm³/mol. The Bertz CT molecular complexity index is 3350. The molecule has 2 heteroatoms. The Labute approximate surface area is 355 Å². The number of nitrogens with zero attached hydrogens (tertiary/aromatic N) is 1. The van der Waals surface area contributed by atoms with Crippen molar-refractivity contribution in [3.63, 3.8) is 0 Å². The van der Waals surface area contributed by atoms with Gasteiger partial charge in [0.1, 0.15) is 11.2 Å². The van der Waals surface area contributed by atoms with E-state index < -0.39 is 5.41 Å². The Kier molecular flexibility index (Phi) is 8.11. The third kappa shape index (κ3) is 5.64. The van der Waals surface area contributed by atoms with Crippen molar-refractivity contribution in [2.45, 2.75) is 5.41 Å². The van der Waals surface area contributed by atoms with Gasteiger partial charge in [0.05, 0.1) is 5.41 Å². The Morgan fingerprint density at radius 3 is 1.46 bits per heavy atom. The molecule has 0 saturated carbocycles. The van der Waals surface area contributed by atoms with Crippen LogP contribution >= 0.6 is 0 Å². The summed E-state index contributed by atoms with van der Waals surface area (Å²) in [6.45, 7) is 0. The molecule has 1 aromatic heterocycles. The zero-order chi connectivity index (χ0) is 40.3. The number of anilines is 3. The quantitative estimate of drug-likeness (QED) is 0.160. The summed E-state index contributed by atoms with van der Waals surface area (Å²) < 4.78 is 6.15. The van der Waals surface area contributed by atoms with Gasteiger partial charge in [0.25, 0.3) is 0 Å². The number of furan rings is 1. The molecule has 0 saturated heterocycles. The fraction of sp³-hybridized carbons (Fsp3) is 0.0169. The molecule has 286 valence electrons. The van der Waals surface area contributed by atoms with E-state index in [-0.39, 0.29) is 0 Å². The monoisotopic (exact) mass is 777 g/mol. The lowest BCUT2D eigenvalue weighted by Gasteiger charge is -2.34. The van der Waals surface area contributed by atoms with Gasteiger partial charge in [-0.25, -0.2) is 0 Å². The van der Waals surface area contributed by atoms with Crippen molar-refractivity contribution < 1.29 is 4.42 Å². The lowest BCUT2D eigenvalue weighted by atomic mass is 9.68. The molecule has 0 unspecified atom stereocenters. The first-order valence-electron chi connectivity index (χ1n) is 21.0. The van der Waals surface area contributed by atoms with Crippen molar-refractivity contribution in [2.75, 3.05) is 4.90 Å². The molecule has 61 heavy (non-hydrogen) atoms. The van der Waals surface area contributed by atoms with Gasteiger partial charge in [0, 0.05) is 27.8 Å². The Morgan fingerprint density at radius 1 is 0.311 bits per heavy atom. The highest BCUT2D eigenvalue weighted by molar-refractivity contribution is 6.06. The molecule has 1 aliphatic carbocycles.